The molecule has 0 saturated carbocycles. The van der Waals surface area contributed by atoms with Gasteiger partial charge in [0.1, 0.15) is 24.4 Å². The molecule has 9 heteroatoms. The second-order valence-electron chi connectivity index (χ2n) is 6.73. The fourth-order valence-corrected chi connectivity index (χ4v) is 3.46. The predicted molar refractivity (Wildman–Crippen MR) is 101 cm³/mol. The number of nitrogens with zero attached hydrogens (tertiary/aromatic N) is 1. The van der Waals surface area contributed by atoms with Crippen LogP contribution in [0.25, 0.3) is 0 Å². The summed E-state index contributed by atoms with van der Waals surface area (Å²) >= 11 is 1.61. The highest BCUT2D eigenvalue weighted by Crippen LogP contribution is 2.15. The number of carbonyl (C=O) groups is 1. The van der Waals surface area contributed by atoms with Crippen molar-refractivity contribution in [1.82, 2.24) is 4.90 Å². The van der Waals surface area contributed by atoms with Crippen molar-refractivity contribution in [1.29, 1.82) is 0 Å². The first-order valence-corrected chi connectivity index (χ1v) is 10.6. The van der Waals surface area contributed by atoms with Crippen LogP contribution in [0, 0.1) is 0 Å². The van der Waals surface area contributed by atoms with Crippen molar-refractivity contribution in [3.63, 3.8) is 0 Å². The lowest BCUT2D eigenvalue weighted by molar-refractivity contribution is -0.152. The first kappa shape index (κ1) is 23.6. The lowest BCUT2D eigenvalue weighted by Crippen LogP contribution is -2.54. The van der Waals surface area contributed by atoms with E-state index in [2.05, 4.69) is 0 Å². The van der Waals surface area contributed by atoms with Gasteiger partial charge in [0.15, 0.2) is 0 Å². The molecule has 1 heterocycles. The van der Waals surface area contributed by atoms with Crippen molar-refractivity contribution in [2.45, 2.75) is 62.6 Å². The number of β-amino-alcohol motifs (C(OH)–C–C–N with tert-alkyl or cyclic N) is 1. The summed E-state index contributed by atoms with van der Waals surface area (Å²) in [6, 6.07) is -0.644. The second kappa shape index (κ2) is 12.9. The third kappa shape index (κ3) is 7.67. The first-order valence-electron chi connectivity index (χ1n) is 9.22. The Hall–Kier alpha value is -0.420. The molecule has 1 rings (SSSR count). The van der Waals surface area contributed by atoms with Crippen LogP contribution in [0.2, 0.25) is 0 Å². The molecule has 5 atom stereocenters. The third-order valence-electron chi connectivity index (χ3n) is 4.60. The zero-order chi connectivity index (χ0) is 19.5. The summed E-state index contributed by atoms with van der Waals surface area (Å²) in [7, 11) is 0. The van der Waals surface area contributed by atoms with E-state index in [0.717, 1.165) is 31.4 Å². The highest BCUT2D eigenvalue weighted by atomic mass is 32.2. The molecule has 1 fully saturated rings. The molecule has 1 aliphatic heterocycles. The minimum Gasteiger partial charge on any atom is -0.394 e. The van der Waals surface area contributed by atoms with Gasteiger partial charge < -0.3 is 35.8 Å². The summed E-state index contributed by atoms with van der Waals surface area (Å²) in [6.45, 7) is 0.110. The average molecular weight is 395 g/mol. The molecule has 0 aromatic carbocycles. The number of hydrogen-bond donors (Lipinski definition) is 5. The van der Waals surface area contributed by atoms with Crippen molar-refractivity contribution in [3.8, 4) is 0 Å². The van der Waals surface area contributed by atoms with Gasteiger partial charge in [-0.3, -0.25) is 4.79 Å². The van der Waals surface area contributed by atoms with Gasteiger partial charge in [0.25, 0.3) is 0 Å². The van der Waals surface area contributed by atoms with Gasteiger partial charge in [-0.05, 0) is 31.3 Å². The maximum Gasteiger partial charge on any atom is 0.239 e. The fraction of sp³-hybridized carbons (Fsp3) is 0.941. The van der Waals surface area contributed by atoms with Crippen LogP contribution in [-0.2, 0) is 9.53 Å². The molecule has 1 saturated heterocycles. The largest absolute Gasteiger partial charge is 0.394 e. The van der Waals surface area contributed by atoms with Gasteiger partial charge in [-0.15, -0.1) is 0 Å². The Bertz CT molecular complexity index is 403. The number of carbonyl (C=O) groups excluding carboxylic acids is 1. The third-order valence-corrected chi connectivity index (χ3v) is 5.24. The molecular weight excluding hydrogens is 360 g/mol. The molecule has 26 heavy (non-hydrogen) atoms. The second-order valence-corrected chi connectivity index (χ2v) is 7.72. The summed E-state index contributed by atoms with van der Waals surface area (Å²) < 4.78 is 5.50. The first-order chi connectivity index (χ1) is 12.4. The van der Waals surface area contributed by atoms with Gasteiger partial charge in [0.05, 0.1) is 12.6 Å². The van der Waals surface area contributed by atoms with Crippen LogP contribution < -0.4 is 5.73 Å². The molecule has 0 unspecified atom stereocenters. The number of ether oxygens (including phenoxy) is 1. The Balaban J connectivity index is 2.84. The number of aliphatic hydroxyl groups excluding tert-OH is 4. The highest BCUT2D eigenvalue weighted by Gasteiger charge is 2.35. The summed E-state index contributed by atoms with van der Waals surface area (Å²) in [4.78, 5) is 14.1. The van der Waals surface area contributed by atoms with Crippen LogP contribution in [0.1, 0.15) is 32.1 Å². The monoisotopic (exact) mass is 394 g/mol. The van der Waals surface area contributed by atoms with Crippen molar-refractivity contribution in [2.75, 3.05) is 38.3 Å². The van der Waals surface area contributed by atoms with Gasteiger partial charge in [-0.25, -0.2) is 0 Å². The Morgan fingerprint density at radius 2 is 2.00 bits per heavy atom. The van der Waals surface area contributed by atoms with Gasteiger partial charge in [-0.2, -0.15) is 11.8 Å². The Morgan fingerprint density at radius 3 is 2.65 bits per heavy atom. The molecule has 0 radical (unpaired) electrons. The quantitative estimate of drug-likeness (QED) is 0.384. The number of aliphatic hydroxyl groups is 4. The molecule has 6 N–H and O–H groups in total. The molecule has 1 aliphatic rings. The number of hydrogen-bond acceptors (Lipinski definition) is 8. The molecule has 0 spiro atoms. The van der Waals surface area contributed by atoms with Crippen LogP contribution in [0.4, 0.5) is 0 Å². The average Bonchev–Trinajstić information content (AvgIpc) is 2.64. The molecule has 1 amide bonds. The summed E-state index contributed by atoms with van der Waals surface area (Å²) in [5.41, 5.74) is 5.98. The van der Waals surface area contributed by atoms with Crippen LogP contribution in [0.3, 0.4) is 0 Å². The van der Waals surface area contributed by atoms with Gasteiger partial charge in [-0.1, -0.05) is 12.8 Å². The van der Waals surface area contributed by atoms with E-state index in [1.165, 1.54) is 4.90 Å². The number of nitrogens with two attached hydrogens (primary N) is 1. The Kier molecular flexibility index (Phi) is 11.7. The summed E-state index contributed by atoms with van der Waals surface area (Å²) in [6.07, 6.45) is 0.647. The van der Waals surface area contributed by atoms with Gasteiger partial charge in [0.2, 0.25) is 5.91 Å². The maximum atomic E-state index is 12.6. The van der Waals surface area contributed by atoms with Gasteiger partial charge in [0, 0.05) is 19.7 Å². The fourth-order valence-electron chi connectivity index (χ4n) is 2.97. The number of amides is 1. The van der Waals surface area contributed by atoms with E-state index < -0.39 is 37.1 Å². The van der Waals surface area contributed by atoms with E-state index >= 15 is 0 Å². The van der Waals surface area contributed by atoms with E-state index in [9.17, 15) is 20.1 Å². The molecule has 0 aromatic heterocycles. The summed E-state index contributed by atoms with van der Waals surface area (Å²) in [5.74, 6) is 0.521. The van der Waals surface area contributed by atoms with Crippen molar-refractivity contribution < 1.29 is 30.0 Å². The topological polar surface area (TPSA) is 136 Å². The van der Waals surface area contributed by atoms with E-state index in [1.807, 2.05) is 6.26 Å². The highest BCUT2D eigenvalue weighted by molar-refractivity contribution is 7.98. The molecule has 154 valence electrons. The van der Waals surface area contributed by atoms with E-state index in [1.54, 1.807) is 11.8 Å². The van der Waals surface area contributed by atoms with Gasteiger partial charge >= 0.3 is 0 Å². The molecular formula is C17H34N2O6S. The van der Waals surface area contributed by atoms with E-state index in [0.29, 0.717) is 19.6 Å². The van der Waals surface area contributed by atoms with Crippen LogP contribution in [0.5, 0.6) is 0 Å². The van der Waals surface area contributed by atoms with Crippen molar-refractivity contribution in [2.24, 2.45) is 5.73 Å². The smallest absolute Gasteiger partial charge is 0.239 e. The molecule has 0 aliphatic carbocycles. The number of rotatable bonds is 6. The van der Waals surface area contributed by atoms with E-state index in [4.69, 9.17) is 15.6 Å². The Labute approximate surface area is 159 Å². The zero-order valence-corrected chi connectivity index (χ0v) is 16.3. The normalized spacial score (nSPS) is 28.7. The van der Waals surface area contributed by atoms with Crippen molar-refractivity contribution in [3.05, 3.63) is 0 Å². The predicted octanol–water partition coefficient (Wildman–Crippen LogP) is -1.07. The SMILES string of the molecule is CSCC[C@H](N)C(=O)N1CCCCCCO[C@H]([C@H](O)CO)[C@H](O)[C@@H](O)C1. The minimum atomic E-state index is -1.42. The standard InChI is InChI=1S/C17H34N2O6S/c1-26-9-6-12(18)17(24)19-7-4-2-3-5-8-25-16(14(22)11-20)15(23)13(21)10-19/h12-16,20-23H,2-11,18H2,1H3/t12-,13-,14+,15+,16+/m0/s1. The van der Waals surface area contributed by atoms with Crippen LogP contribution in [0.15, 0.2) is 0 Å². The van der Waals surface area contributed by atoms with Crippen LogP contribution >= 0.6 is 11.8 Å². The lowest BCUT2D eigenvalue weighted by atomic mass is 10.0. The minimum absolute atomic E-state index is 0.0923. The van der Waals surface area contributed by atoms with Crippen molar-refractivity contribution >= 4 is 17.7 Å². The van der Waals surface area contributed by atoms with E-state index in [-0.39, 0.29) is 12.5 Å². The molecule has 0 bridgehead atoms. The Morgan fingerprint density at radius 1 is 1.31 bits per heavy atom. The lowest BCUT2D eigenvalue weighted by Gasteiger charge is -2.34. The maximum absolute atomic E-state index is 12.6. The molecule has 0 aromatic rings. The number of thioether (sulfide) groups is 1. The summed E-state index contributed by atoms with van der Waals surface area (Å²) in [5, 5.41) is 39.8. The van der Waals surface area contributed by atoms with Crippen LogP contribution in [-0.4, -0.2) is 100 Å². The molecule has 8 nitrogen and oxygen atoms in total. The zero-order valence-electron chi connectivity index (χ0n) is 15.5.